The van der Waals surface area contributed by atoms with Crippen molar-refractivity contribution in [3.63, 3.8) is 0 Å². The van der Waals surface area contributed by atoms with E-state index in [1.54, 1.807) is 7.05 Å². The summed E-state index contributed by atoms with van der Waals surface area (Å²) in [5.41, 5.74) is 1.12. The highest BCUT2D eigenvalue weighted by Crippen LogP contribution is 2.31. The maximum Gasteiger partial charge on any atom is 0.191 e. The van der Waals surface area contributed by atoms with Crippen LogP contribution in [0.5, 0.6) is 0 Å². The van der Waals surface area contributed by atoms with Gasteiger partial charge in [-0.1, -0.05) is 25.0 Å². The quantitative estimate of drug-likeness (QED) is 0.361. The van der Waals surface area contributed by atoms with Gasteiger partial charge in [0, 0.05) is 33.2 Å². The van der Waals surface area contributed by atoms with Crippen LogP contribution in [0.1, 0.15) is 30.9 Å². The van der Waals surface area contributed by atoms with E-state index in [9.17, 15) is 4.39 Å². The average molecular weight is 476 g/mol. The van der Waals surface area contributed by atoms with Crippen molar-refractivity contribution >= 4 is 29.9 Å². The highest BCUT2D eigenvalue weighted by Gasteiger charge is 2.23. The Bertz CT molecular complexity index is 559. The van der Waals surface area contributed by atoms with Crippen LogP contribution in [-0.2, 0) is 4.74 Å². The topological polar surface area (TPSA) is 48.9 Å². The van der Waals surface area contributed by atoms with Crippen molar-refractivity contribution in [2.75, 3.05) is 46.4 Å². The summed E-state index contributed by atoms with van der Waals surface area (Å²) in [5.74, 6) is 1.54. The zero-order valence-electron chi connectivity index (χ0n) is 15.4. The molecule has 0 amide bonds. The van der Waals surface area contributed by atoms with Crippen molar-refractivity contribution in [3.05, 3.63) is 35.6 Å². The van der Waals surface area contributed by atoms with Crippen LogP contribution < -0.4 is 10.6 Å². The second-order valence-corrected chi connectivity index (χ2v) is 6.83. The van der Waals surface area contributed by atoms with Crippen molar-refractivity contribution in [1.82, 2.24) is 15.5 Å². The Morgan fingerprint density at radius 3 is 2.54 bits per heavy atom. The summed E-state index contributed by atoms with van der Waals surface area (Å²) in [5, 5.41) is 6.83. The second kappa shape index (κ2) is 11.0. The Kier molecular flexibility index (Phi) is 9.07. The van der Waals surface area contributed by atoms with Crippen LogP contribution in [0.2, 0.25) is 0 Å². The van der Waals surface area contributed by atoms with Crippen LogP contribution in [0.15, 0.2) is 29.3 Å². The molecule has 1 heterocycles. The number of hydrogen-bond donors (Lipinski definition) is 2. The van der Waals surface area contributed by atoms with Crippen molar-refractivity contribution in [3.8, 4) is 0 Å². The van der Waals surface area contributed by atoms with Crippen molar-refractivity contribution < 1.29 is 9.13 Å². The standard InChI is InChI=1S/C19H29FN4O.HI/c1-21-19(22-9-8-15-2-3-15)23-14-18(24-10-12-25-13-11-24)16-4-6-17(20)7-5-16;/h4-7,15,18H,2-3,8-14H2,1H3,(H2,21,22,23);1H. The minimum atomic E-state index is -0.199. The molecule has 2 fully saturated rings. The van der Waals surface area contributed by atoms with Gasteiger partial charge in [0.15, 0.2) is 5.96 Å². The third-order valence-corrected chi connectivity index (χ3v) is 4.97. The molecule has 0 spiro atoms. The number of guanidine groups is 1. The molecule has 0 bridgehead atoms. The Labute approximate surface area is 172 Å². The molecule has 3 rings (SSSR count). The Morgan fingerprint density at radius 1 is 1.23 bits per heavy atom. The number of rotatable bonds is 7. The number of halogens is 2. The van der Waals surface area contributed by atoms with Crippen molar-refractivity contribution in [1.29, 1.82) is 0 Å². The SMILES string of the molecule is CN=C(NCCC1CC1)NCC(c1ccc(F)cc1)N1CCOCC1.I. The maximum absolute atomic E-state index is 13.3. The van der Waals surface area contributed by atoms with Gasteiger partial charge >= 0.3 is 0 Å². The highest BCUT2D eigenvalue weighted by molar-refractivity contribution is 14.0. The first kappa shape index (κ1) is 21.4. The molecule has 146 valence electrons. The summed E-state index contributed by atoms with van der Waals surface area (Å²) in [6.45, 7) is 4.95. The number of morpholine rings is 1. The third kappa shape index (κ3) is 6.66. The van der Waals surface area contributed by atoms with E-state index in [4.69, 9.17) is 4.74 Å². The lowest BCUT2D eigenvalue weighted by molar-refractivity contribution is 0.0170. The third-order valence-electron chi connectivity index (χ3n) is 4.97. The number of nitrogens with one attached hydrogen (secondary N) is 2. The largest absolute Gasteiger partial charge is 0.379 e. The molecule has 2 aliphatic rings. The summed E-state index contributed by atoms with van der Waals surface area (Å²) in [6, 6.07) is 6.99. The molecule has 1 aliphatic carbocycles. The van der Waals surface area contributed by atoms with Gasteiger partial charge in [-0.05, 0) is 30.0 Å². The number of nitrogens with zero attached hydrogens (tertiary/aromatic N) is 2. The molecule has 1 saturated heterocycles. The Balaban J connectivity index is 0.00000243. The van der Waals surface area contributed by atoms with Gasteiger partial charge < -0.3 is 15.4 Å². The lowest BCUT2D eigenvalue weighted by Crippen LogP contribution is -2.46. The van der Waals surface area contributed by atoms with Crippen molar-refractivity contribution in [2.24, 2.45) is 10.9 Å². The molecule has 1 aromatic rings. The molecular weight excluding hydrogens is 446 g/mol. The van der Waals surface area contributed by atoms with E-state index in [0.717, 1.165) is 56.8 Å². The molecule has 26 heavy (non-hydrogen) atoms. The molecule has 0 radical (unpaired) electrons. The van der Waals surface area contributed by atoms with Crippen LogP contribution >= 0.6 is 24.0 Å². The summed E-state index contributed by atoms with van der Waals surface area (Å²) in [4.78, 5) is 6.71. The predicted octanol–water partition coefficient (Wildman–Crippen LogP) is 2.78. The van der Waals surface area contributed by atoms with E-state index in [1.807, 2.05) is 12.1 Å². The number of hydrogen-bond acceptors (Lipinski definition) is 3. The van der Waals surface area contributed by atoms with Crippen LogP contribution in [0.25, 0.3) is 0 Å². The molecule has 7 heteroatoms. The predicted molar refractivity (Wildman–Crippen MR) is 114 cm³/mol. The van der Waals surface area contributed by atoms with E-state index in [2.05, 4.69) is 20.5 Å². The van der Waals surface area contributed by atoms with Crippen LogP contribution in [0.4, 0.5) is 4.39 Å². The van der Waals surface area contributed by atoms with Crippen LogP contribution in [-0.4, -0.2) is 57.3 Å². The first-order chi connectivity index (χ1) is 12.3. The second-order valence-electron chi connectivity index (χ2n) is 6.83. The Hall–Kier alpha value is -0.930. The molecule has 0 aromatic heterocycles. The van der Waals surface area contributed by atoms with E-state index in [0.29, 0.717) is 0 Å². The zero-order chi connectivity index (χ0) is 17.5. The van der Waals surface area contributed by atoms with Gasteiger partial charge in [0.2, 0.25) is 0 Å². The fourth-order valence-electron chi connectivity index (χ4n) is 3.25. The van der Waals surface area contributed by atoms with Gasteiger partial charge in [-0.3, -0.25) is 9.89 Å². The number of ether oxygens (including phenoxy) is 1. The summed E-state index contributed by atoms with van der Waals surface area (Å²) < 4.78 is 18.8. The Morgan fingerprint density at radius 2 is 1.92 bits per heavy atom. The zero-order valence-corrected chi connectivity index (χ0v) is 17.7. The minimum absolute atomic E-state index is 0. The lowest BCUT2D eigenvalue weighted by atomic mass is 10.0. The normalized spacial score (nSPS) is 19.5. The first-order valence-electron chi connectivity index (χ1n) is 9.28. The van der Waals surface area contributed by atoms with E-state index >= 15 is 0 Å². The van der Waals surface area contributed by atoms with E-state index in [-0.39, 0.29) is 35.8 Å². The van der Waals surface area contributed by atoms with Crippen LogP contribution in [0, 0.1) is 11.7 Å². The van der Waals surface area contributed by atoms with Gasteiger partial charge in [0.05, 0.1) is 19.3 Å². The van der Waals surface area contributed by atoms with Crippen molar-refractivity contribution in [2.45, 2.75) is 25.3 Å². The highest BCUT2D eigenvalue weighted by atomic mass is 127. The van der Waals surface area contributed by atoms with Gasteiger partial charge in [-0.15, -0.1) is 24.0 Å². The lowest BCUT2D eigenvalue weighted by Gasteiger charge is -2.35. The molecule has 2 N–H and O–H groups in total. The molecule has 5 nitrogen and oxygen atoms in total. The van der Waals surface area contributed by atoms with E-state index < -0.39 is 0 Å². The molecule has 1 saturated carbocycles. The monoisotopic (exact) mass is 476 g/mol. The average Bonchev–Trinajstić information content (AvgIpc) is 3.47. The van der Waals surface area contributed by atoms with Gasteiger partial charge in [0.1, 0.15) is 5.82 Å². The van der Waals surface area contributed by atoms with Gasteiger partial charge in [-0.25, -0.2) is 4.39 Å². The smallest absolute Gasteiger partial charge is 0.191 e. The molecule has 1 unspecified atom stereocenters. The van der Waals surface area contributed by atoms with Gasteiger partial charge in [0.25, 0.3) is 0 Å². The first-order valence-corrected chi connectivity index (χ1v) is 9.28. The van der Waals surface area contributed by atoms with Crippen LogP contribution in [0.3, 0.4) is 0 Å². The molecule has 1 atom stereocenters. The molecule has 1 aliphatic heterocycles. The summed E-state index contributed by atoms with van der Waals surface area (Å²) in [7, 11) is 1.80. The minimum Gasteiger partial charge on any atom is -0.379 e. The molecular formula is C19H30FIN4O. The fourth-order valence-corrected chi connectivity index (χ4v) is 3.25. The fraction of sp³-hybridized carbons (Fsp3) is 0.632. The number of benzene rings is 1. The maximum atomic E-state index is 13.3. The van der Waals surface area contributed by atoms with E-state index in [1.165, 1.54) is 31.4 Å². The molecule has 1 aromatic carbocycles. The summed E-state index contributed by atoms with van der Waals surface area (Å²) in [6.07, 6.45) is 3.96. The van der Waals surface area contributed by atoms with Gasteiger partial charge in [-0.2, -0.15) is 0 Å². The summed E-state index contributed by atoms with van der Waals surface area (Å²) >= 11 is 0. The number of aliphatic imine (C=N–C) groups is 1.